The fourth-order valence-corrected chi connectivity index (χ4v) is 3.72. The van der Waals surface area contributed by atoms with Crippen LogP contribution in [0.15, 0.2) is 24.3 Å². The van der Waals surface area contributed by atoms with Crippen LogP contribution in [0.5, 0.6) is 5.75 Å². The molecule has 1 aromatic carbocycles. The summed E-state index contributed by atoms with van der Waals surface area (Å²) in [5.74, 6) is 0.840. The first-order valence-corrected chi connectivity index (χ1v) is 8.47. The minimum Gasteiger partial charge on any atom is -0.491 e. The molecule has 2 fully saturated rings. The molecule has 4 heteroatoms. The second-order valence-corrected chi connectivity index (χ2v) is 6.88. The lowest BCUT2D eigenvalue weighted by molar-refractivity contribution is 0.00900. The number of benzene rings is 1. The Morgan fingerprint density at radius 3 is 3.05 bits per heavy atom. The summed E-state index contributed by atoms with van der Waals surface area (Å²) in [5.41, 5.74) is 1.18. The number of rotatable bonds is 5. The van der Waals surface area contributed by atoms with Crippen molar-refractivity contribution in [1.29, 1.82) is 0 Å². The van der Waals surface area contributed by atoms with Gasteiger partial charge in [-0.3, -0.25) is 9.80 Å². The summed E-state index contributed by atoms with van der Waals surface area (Å²) in [5, 5.41) is 10.3. The van der Waals surface area contributed by atoms with E-state index in [1.54, 1.807) is 0 Å². The number of aliphatic hydroxyl groups excluding tert-OH is 1. The van der Waals surface area contributed by atoms with Crippen molar-refractivity contribution in [3.8, 4) is 5.75 Å². The monoisotopic (exact) mass is 304 g/mol. The fourth-order valence-electron chi connectivity index (χ4n) is 3.72. The van der Waals surface area contributed by atoms with Crippen molar-refractivity contribution in [3.63, 3.8) is 0 Å². The van der Waals surface area contributed by atoms with Gasteiger partial charge in [-0.2, -0.15) is 0 Å². The van der Waals surface area contributed by atoms with E-state index in [0.717, 1.165) is 18.8 Å². The molecule has 3 rings (SSSR count). The Balaban J connectivity index is 1.47. The van der Waals surface area contributed by atoms with Crippen LogP contribution in [0.1, 0.15) is 25.3 Å². The van der Waals surface area contributed by atoms with Crippen LogP contribution in [0.2, 0.25) is 0 Å². The van der Waals surface area contributed by atoms with Crippen molar-refractivity contribution < 1.29 is 9.84 Å². The van der Waals surface area contributed by atoms with Gasteiger partial charge in [0.15, 0.2) is 0 Å². The fraction of sp³-hybridized carbons (Fsp3) is 0.667. The Labute approximate surface area is 133 Å². The number of nitrogens with zero attached hydrogens (tertiary/aromatic N) is 2. The molecule has 0 saturated carbocycles. The lowest BCUT2D eigenvalue weighted by Crippen LogP contribution is -2.56. The van der Waals surface area contributed by atoms with Gasteiger partial charge in [0.25, 0.3) is 0 Å². The standard InChI is InChI=1S/C18H28N2O2/c1-14-5-3-7-18(9-14)22-13-17(21)12-20-11-16-6-4-8-19(16)10-15(20)2/h3,5,7,9,15-17,21H,4,6,8,10-13H2,1-2H3/t15-,16+,17+/m0/s1. The lowest BCUT2D eigenvalue weighted by Gasteiger charge is -2.43. The summed E-state index contributed by atoms with van der Waals surface area (Å²) in [6.45, 7) is 8.85. The number of hydrogen-bond donors (Lipinski definition) is 1. The molecule has 2 aliphatic heterocycles. The average Bonchev–Trinajstić information content (AvgIpc) is 2.93. The number of hydrogen-bond acceptors (Lipinski definition) is 4. The molecule has 0 amide bonds. The number of aryl methyl sites for hydroxylation is 1. The highest BCUT2D eigenvalue weighted by Gasteiger charge is 2.34. The van der Waals surface area contributed by atoms with Crippen LogP contribution >= 0.6 is 0 Å². The maximum absolute atomic E-state index is 10.3. The summed E-state index contributed by atoms with van der Waals surface area (Å²) in [4.78, 5) is 5.04. The maximum atomic E-state index is 10.3. The smallest absolute Gasteiger partial charge is 0.119 e. The van der Waals surface area contributed by atoms with E-state index in [-0.39, 0.29) is 0 Å². The first kappa shape index (κ1) is 15.8. The Morgan fingerprint density at radius 2 is 2.23 bits per heavy atom. The van der Waals surface area contributed by atoms with Crippen LogP contribution in [0.4, 0.5) is 0 Å². The Hall–Kier alpha value is -1.10. The van der Waals surface area contributed by atoms with E-state index >= 15 is 0 Å². The number of β-amino-alcohol motifs (C(OH)–C–C–N with tert-alkyl or cyclic N) is 1. The predicted molar refractivity (Wildman–Crippen MR) is 88.3 cm³/mol. The third kappa shape index (κ3) is 3.80. The van der Waals surface area contributed by atoms with Crippen LogP contribution in [0.3, 0.4) is 0 Å². The van der Waals surface area contributed by atoms with Crippen molar-refractivity contribution in [2.75, 3.05) is 32.8 Å². The SMILES string of the molecule is Cc1cccc(OC[C@H](O)CN2C[C@H]3CCCN3C[C@@H]2C)c1. The number of piperazine rings is 1. The van der Waals surface area contributed by atoms with E-state index in [0.29, 0.717) is 25.2 Å². The van der Waals surface area contributed by atoms with Crippen molar-refractivity contribution in [1.82, 2.24) is 9.80 Å². The largest absolute Gasteiger partial charge is 0.491 e. The summed E-state index contributed by atoms with van der Waals surface area (Å²) in [6.07, 6.45) is 2.19. The van der Waals surface area contributed by atoms with Crippen LogP contribution in [-0.2, 0) is 0 Å². The highest BCUT2D eigenvalue weighted by atomic mass is 16.5. The summed E-state index contributed by atoms with van der Waals surface area (Å²) in [7, 11) is 0. The maximum Gasteiger partial charge on any atom is 0.119 e. The Kier molecular flexibility index (Phi) is 5.01. The van der Waals surface area contributed by atoms with E-state index in [9.17, 15) is 5.11 Å². The van der Waals surface area contributed by atoms with E-state index in [4.69, 9.17) is 4.74 Å². The van der Waals surface area contributed by atoms with Crippen LogP contribution in [-0.4, -0.2) is 65.9 Å². The summed E-state index contributed by atoms with van der Waals surface area (Å²) in [6, 6.07) is 9.20. The predicted octanol–water partition coefficient (Wildman–Crippen LogP) is 1.90. The molecule has 2 aliphatic rings. The zero-order chi connectivity index (χ0) is 15.5. The molecule has 1 aromatic rings. The molecule has 0 aromatic heterocycles. The van der Waals surface area contributed by atoms with Crippen LogP contribution in [0, 0.1) is 6.92 Å². The zero-order valence-electron chi connectivity index (χ0n) is 13.7. The molecule has 22 heavy (non-hydrogen) atoms. The number of ether oxygens (including phenoxy) is 1. The number of fused-ring (bicyclic) bond motifs is 1. The van der Waals surface area contributed by atoms with Gasteiger partial charge in [-0.25, -0.2) is 0 Å². The normalized spacial score (nSPS) is 27.6. The van der Waals surface area contributed by atoms with Crippen molar-refractivity contribution >= 4 is 0 Å². The van der Waals surface area contributed by atoms with Gasteiger partial charge in [0, 0.05) is 31.7 Å². The molecular formula is C18H28N2O2. The lowest BCUT2D eigenvalue weighted by atomic mass is 10.1. The van der Waals surface area contributed by atoms with Crippen LogP contribution < -0.4 is 4.74 Å². The van der Waals surface area contributed by atoms with E-state index < -0.39 is 6.10 Å². The molecular weight excluding hydrogens is 276 g/mol. The average molecular weight is 304 g/mol. The first-order valence-electron chi connectivity index (χ1n) is 8.47. The zero-order valence-corrected chi connectivity index (χ0v) is 13.7. The second-order valence-electron chi connectivity index (χ2n) is 6.88. The van der Waals surface area contributed by atoms with E-state index in [2.05, 4.69) is 16.7 Å². The number of aliphatic hydroxyl groups is 1. The summed E-state index contributed by atoms with van der Waals surface area (Å²) < 4.78 is 5.72. The molecule has 2 saturated heterocycles. The minimum atomic E-state index is -0.434. The molecule has 0 unspecified atom stereocenters. The van der Waals surface area contributed by atoms with E-state index in [1.165, 1.54) is 24.9 Å². The van der Waals surface area contributed by atoms with Crippen LogP contribution in [0.25, 0.3) is 0 Å². The molecule has 4 nitrogen and oxygen atoms in total. The molecule has 0 aliphatic carbocycles. The highest BCUT2D eigenvalue weighted by Crippen LogP contribution is 2.24. The molecule has 122 valence electrons. The Bertz CT molecular complexity index is 494. The van der Waals surface area contributed by atoms with Gasteiger partial charge < -0.3 is 9.84 Å². The quantitative estimate of drug-likeness (QED) is 0.901. The third-order valence-electron chi connectivity index (χ3n) is 4.94. The van der Waals surface area contributed by atoms with Crippen molar-refractivity contribution in [2.45, 2.75) is 44.9 Å². The highest BCUT2D eigenvalue weighted by molar-refractivity contribution is 5.27. The van der Waals surface area contributed by atoms with Gasteiger partial charge in [0.05, 0.1) is 0 Å². The Morgan fingerprint density at radius 1 is 1.36 bits per heavy atom. The molecule has 0 bridgehead atoms. The molecule has 1 N–H and O–H groups in total. The molecule has 3 atom stereocenters. The van der Waals surface area contributed by atoms with Gasteiger partial charge in [0.1, 0.15) is 18.5 Å². The van der Waals surface area contributed by atoms with Crippen molar-refractivity contribution in [2.24, 2.45) is 0 Å². The third-order valence-corrected chi connectivity index (χ3v) is 4.94. The minimum absolute atomic E-state index is 0.362. The van der Waals surface area contributed by atoms with Gasteiger partial charge in [0.2, 0.25) is 0 Å². The van der Waals surface area contributed by atoms with Crippen molar-refractivity contribution in [3.05, 3.63) is 29.8 Å². The molecule has 2 heterocycles. The molecule has 0 radical (unpaired) electrons. The van der Waals surface area contributed by atoms with Gasteiger partial charge >= 0.3 is 0 Å². The first-order chi connectivity index (χ1) is 10.6. The second kappa shape index (κ2) is 6.99. The van der Waals surface area contributed by atoms with Gasteiger partial charge in [-0.1, -0.05) is 12.1 Å². The topological polar surface area (TPSA) is 35.9 Å². The van der Waals surface area contributed by atoms with E-state index in [1.807, 2.05) is 31.2 Å². The summed E-state index contributed by atoms with van der Waals surface area (Å²) >= 11 is 0. The molecule has 0 spiro atoms. The van der Waals surface area contributed by atoms with Gasteiger partial charge in [-0.05, 0) is 50.9 Å². The van der Waals surface area contributed by atoms with Gasteiger partial charge in [-0.15, -0.1) is 0 Å².